The van der Waals surface area contributed by atoms with Gasteiger partial charge in [-0.3, -0.25) is 9.20 Å². The predicted octanol–water partition coefficient (Wildman–Crippen LogP) is 4.23. The van der Waals surface area contributed by atoms with Gasteiger partial charge in [-0.05, 0) is 31.0 Å². The number of amides is 1. The number of methoxy groups -OCH3 is 1. The van der Waals surface area contributed by atoms with Gasteiger partial charge in [0.2, 0.25) is 0 Å². The average molecular weight is 515 g/mol. The molecule has 0 atom stereocenters. The molecule has 0 aliphatic heterocycles. The Hall–Kier alpha value is -2.63. The van der Waals surface area contributed by atoms with Gasteiger partial charge in [0.1, 0.15) is 28.5 Å². The number of ether oxygens (including phenoxy) is 2. The molecule has 0 spiro atoms. The van der Waals surface area contributed by atoms with Crippen molar-refractivity contribution in [2.24, 2.45) is 0 Å². The summed E-state index contributed by atoms with van der Waals surface area (Å²) in [5.74, 6) is 0.00306. The topological polar surface area (TPSA) is 74.1 Å². The summed E-state index contributed by atoms with van der Waals surface area (Å²) < 4.78 is 43.1. The Bertz CT molecular complexity index is 1070. The highest BCUT2D eigenvalue weighted by Gasteiger charge is 2.29. The van der Waals surface area contributed by atoms with Crippen molar-refractivity contribution in [3.05, 3.63) is 42.2 Å². The molecule has 1 aliphatic rings. The van der Waals surface area contributed by atoms with Crippen LogP contribution in [0.4, 0.5) is 8.78 Å². The number of rotatable bonds is 7. The number of alkyl halides is 2. The lowest BCUT2D eigenvalue weighted by atomic mass is 10.1. The van der Waals surface area contributed by atoms with Crippen LogP contribution in [-0.2, 0) is 0 Å². The van der Waals surface area contributed by atoms with Crippen molar-refractivity contribution >= 4 is 34.6 Å². The SMILES string of the molecule is COc1cc(-c2cnc3cc(OI)ccn23)cc(OC(F)F)c1C(=O)NC1CC1. The Labute approximate surface area is 178 Å². The van der Waals surface area contributed by atoms with Gasteiger partial charge in [-0.1, -0.05) is 0 Å². The molecule has 7 nitrogen and oxygen atoms in total. The smallest absolute Gasteiger partial charge is 0.387 e. The first-order valence-corrected chi connectivity index (χ1v) is 9.62. The number of fused-ring (bicyclic) bond motifs is 1. The van der Waals surface area contributed by atoms with Crippen molar-refractivity contribution in [3.63, 3.8) is 0 Å². The normalized spacial score (nSPS) is 13.6. The van der Waals surface area contributed by atoms with Crippen LogP contribution in [0.3, 0.4) is 0 Å². The number of carbonyl (C=O) groups is 1. The second-order valence-electron chi connectivity index (χ2n) is 6.49. The van der Waals surface area contributed by atoms with E-state index in [0.717, 1.165) is 12.8 Å². The molecule has 2 heterocycles. The van der Waals surface area contributed by atoms with E-state index >= 15 is 0 Å². The number of benzene rings is 1. The summed E-state index contributed by atoms with van der Waals surface area (Å²) >= 11 is 1.77. The third-order valence-electron chi connectivity index (χ3n) is 4.51. The largest absolute Gasteiger partial charge is 0.496 e. The van der Waals surface area contributed by atoms with Crippen LogP contribution in [0.1, 0.15) is 23.2 Å². The number of imidazole rings is 1. The number of halogens is 3. The molecule has 1 aliphatic carbocycles. The molecule has 3 aromatic rings. The number of carbonyl (C=O) groups excluding carboxylic acids is 1. The van der Waals surface area contributed by atoms with E-state index in [1.165, 1.54) is 13.2 Å². The van der Waals surface area contributed by atoms with Gasteiger partial charge in [-0.25, -0.2) is 4.98 Å². The monoisotopic (exact) mass is 515 g/mol. The number of nitrogens with zero attached hydrogens (tertiary/aromatic N) is 2. The van der Waals surface area contributed by atoms with E-state index in [4.69, 9.17) is 7.80 Å². The Balaban J connectivity index is 1.82. The van der Waals surface area contributed by atoms with E-state index < -0.39 is 12.5 Å². The molecule has 4 rings (SSSR count). The van der Waals surface area contributed by atoms with Crippen LogP contribution >= 0.6 is 23.0 Å². The van der Waals surface area contributed by atoms with E-state index in [9.17, 15) is 13.6 Å². The maximum absolute atomic E-state index is 13.1. The highest BCUT2D eigenvalue weighted by molar-refractivity contribution is 14.1. The van der Waals surface area contributed by atoms with Crippen molar-refractivity contribution in [3.8, 4) is 28.5 Å². The molecule has 1 N–H and O–H groups in total. The Morgan fingerprint density at radius 1 is 1.31 bits per heavy atom. The van der Waals surface area contributed by atoms with E-state index in [-0.39, 0.29) is 23.1 Å². The molecule has 29 heavy (non-hydrogen) atoms. The lowest BCUT2D eigenvalue weighted by molar-refractivity contribution is -0.0502. The van der Waals surface area contributed by atoms with Crippen LogP contribution in [0.5, 0.6) is 17.2 Å². The predicted molar refractivity (Wildman–Crippen MR) is 109 cm³/mol. The second kappa shape index (κ2) is 8.01. The van der Waals surface area contributed by atoms with Gasteiger partial charge in [0.25, 0.3) is 5.91 Å². The van der Waals surface area contributed by atoms with Gasteiger partial charge in [0.15, 0.2) is 23.0 Å². The third kappa shape index (κ3) is 4.07. The molecule has 152 valence electrons. The van der Waals surface area contributed by atoms with Gasteiger partial charge in [-0.15, -0.1) is 0 Å². The minimum atomic E-state index is -3.09. The summed E-state index contributed by atoms with van der Waals surface area (Å²) in [6.45, 7) is -3.09. The summed E-state index contributed by atoms with van der Waals surface area (Å²) in [4.78, 5) is 16.9. The Morgan fingerprint density at radius 3 is 2.72 bits per heavy atom. The van der Waals surface area contributed by atoms with E-state index in [0.29, 0.717) is 22.7 Å². The molecular formula is C19H16F2IN3O4. The minimum Gasteiger partial charge on any atom is -0.496 e. The average Bonchev–Trinajstić information content (AvgIpc) is 3.41. The van der Waals surface area contributed by atoms with Crippen LogP contribution in [-0.4, -0.2) is 35.1 Å². The number of aromatic nitrogens is 2. The Kier molecular flexibility index (Phi) is 5.43. The second-order valence-corrected chi connectivity index (χ2v) is 6.93. The Morgan fingerprint density at radius 2 is 2.07 bits per heavy atom. The van der Waals surface area contributed by atoms with Crippen LogP contribution < -0.4 is 17.9 Å². The molecule has 0 bridgehead atoms. The number of nitrogens with one attached hydrogen (secondary N) is 1. The van der Waals surface area contributed by atoms with Crippen molar-refractivity contribution in [1.29, 1.82) is 0 Å². The van der Waals surface area contributed by atoms with Gasteiger partial charge >= 0.3 is 6.61 Å². The van der Waals surface area contributed by atoms with E-state index in [1.807, 2.05) is 0 Å². The molecule has 0 radical (unpaired) electrons. The zero-order valence-electron chi connectivity index (χ0n) is 15.2. The minimum absolute atomic E-state index is 0.0550. The lowest BCUT2D eigenvalue weighted by Crippen LogP contribution is -2.26. The maximum atomic E-state index is 13.1. The van der Waals surface area contributed by atoms with Crippen molar-refractivity contribution in [1.82, 2.24) is 14.7 Å². The number of hydrogen-bond acceptors (Lipinski definition) is 5. The quantitative estimate of drug-likeness (QED) is 0.477. The first-order chi connectivity index (χ1) is 14.0. The van der Waals surface area contributed by atoms with E-state index in [1.54, 1.807) is 58.0 Å². The first kappa shape index (κ1) is 19.7. The highest BCUT2D eigenvalue weighted by atomic mass is 127. The van der Waals surface area contributed by atoms with Gasteiger partial charge in [0.05, 0.1) is 19.0 Å². The lowest BCUT2D eigenvalue weighted by Gasteiger charge is -2.16. The molecule has 0 saturated heterocycles. The van der Waals surface area contributed by atoms with E-state index in [2.05, 4.69) is 15.0 Å². The van der Waals surface area contributed by atoms with Gasteiger partial charge in [0, 0.05) is 23.9 Å². The molecule has 1 saturated carbocycles. The van der Waals surface area contributed by atoms with Crippen LogP contribution in [0.15, 0.2) is 36.7 Å². The molecule has 0 unspecified atom stereocenters. The zero-order chi connectivity index (χ0) is 20.5. The summed E-state index contributed by atoms with van der Waals surface area (Å²) in [6.07, 6.45) is 5.07. The molecular weight excluding hydrogens is 499 g/mol. The molecule has 1 aromatic carbocycles. The van der Waals surface area contributed by atoms with Crippen LogP contribution in [0.25, 0.3) is 16.9 Å². The molecule has 1 fully saturated rings. The summed E-state index contributed by atoms with van der Waals surface area (Å²) in [7, 11) is 1.37. The number of hydrogen-bond donors (Lipinski definition) is 1. The van der Waals surface area contributed by atoms with Gasteiger partial charge < -0.3 is 17.9 Å². The van der Waals surface area contributed by atoms with Crippen molar-refractivity contribution in [2.75, 3.05) is 7.11 Å². The fourth-order valence-electron chi connectivity index (χ4n) is 3.02. The number of pyridine rings is 1. The zero-order valence-corrected chi connectivity index (χ0v) is 17.4. The third-order valence-corrected chi connectivity index (χ3v) is 5.02. The fourth-order valence-corrected chi connectivity index (χ4v) is 3.29. The van der Waals surface area contributed by atoms with Crippen LogP contribution in [0, 0.1) is 0 Å². The molecule has 1 amide bonds. The maximum Gasteiger partial charge on any atom is 0.387 e. The molecule has 2 aromatic heterocycles. The first-order valence-electron chi connectivity index (χ1n) is 8.74. The summed E-state index contributed by atoms with van der Waals surface area (Å²) in [5, 5.41) is 2.78. The summed E-state index contributed by atoms with van der Waals surface area (Å²) in [6, 6.07) is 6.53. The fraction of sp³-hybridized carbons (Fsp3) is 0.263. The summed E-state index contributed by atoms with van der Waals surface area (Å²) in [5.41, 5.74) is 1.68. The van der Waals surface area contributed by atoms with Gasteiger partial charge in [-0.2, -0.15) is 8.78 Å². The van der Waals surface area contributed by atoms with Crippen LogP contribution in [0.2, 0.25) is 0 Å². The standard InChI is InChI=1S/C19H16F2IN3O4/c1-27-14-6-10(13-9-23-16-8-12(29-22)4-5-25(13)16)7-15(28-19(20)21)17(14)18(26)24-11-2-3-11/h4-9,11,19H,2-3H2,1H3,(H,24,26). The molecule has 10 heteroatoms. The van der Waals surface area contributed by atoms with Crippen molar-refractivity contribution < 1.29 is 26.1 Å². The van der Waals surface area contributed by atoms with Crippen molar-refractivity contribution in [2.45, 2.75) is 25.5 Å². The highest BCUT2D eigenvalue weighted by Crippen LogP contribution is 2.37.